The largest absolute Gasteiger partial charge is 0.367 e. The van der Waals surface area contributed by atoms with Crippen LogP contribution in [0.15, 0.2) is 36.8 Å². The molecule has 1 amide bonds. The molecule has 3 aromatic rings. The van der Waals surface area contributed by atoms with Crippen LogP contribution >= 0.6 is 11.6 Å². The van der Waals surface area contributed by atoms with Crippen LogP contribution in [0.2, 0.25) is 5.02 Å². The molecule has 0 aliphatic carbocycles. The van der Waals surface area contributed by atoms with Crippen molar-refractivity contribution in [2.45, 2.75) is 19.8 Å². The summed E-state index contributed by atoms with van der Waals surface area (Å²) in [6.07, 6.45) is 9.66. The molecule has 2 N–H and O–H groups in total. The number of nitrogens with zero attached hydrogens (tertiary/aromatic N) is 4. The normalized spacial score (nSPS) is 17.0. The summed E-state index contributed by atoms with van der Waals surface area (Å²) in [5.74, 6) is 0.238. The molecule has 1 aliphatic rings. The highest BCUT2D eigenvalue weighted by atomic mass is 35.5. The van der Waals surface area contributed by atoms with Crippen LogP contribution in [0.1, 0.15) is 19.8 Å². The number of nitrogens with one attached hydrogen (secondary N) is 2. The first-order valence-electron chi connectivity index (χ1n) is 9.86. The number of carbonyl (C=O) groups is 1. The second kappa shape index (κ2) is 8.79. The zero-order valence-electron chi connectivity index (χ0n) is 16.5. The first-order chi connectivity index (χ1) is 14.5. The fourth-order valence-corrected chi connectivity index (χ4v) is 3.86. The summed E-state index contributed by atoms with van der Waals surface area (Å²) >= 11 is 6.06. The maximum atomic E-state index is 14.3. The number of carbonyl (C=O) groups excluding carboxylic acids is 1. The molecule has 1 atom stereocenters. The zero-order valence-corrected chi connectivity index (χ0v) is 17.3. The molecule has 156 valence electrons. The maximum Gasteiger partial charge on any atom is 0.246 e. The number of hydrogen-bond acceptors (Lipinski definition) is 5. The summed E-state index contributed by atoms with van der Waals surface area (Å²) in [6, 6.07) is 1.77. The number of aromatic nitrogens is 4. The lowest BCUT2D eigenvalue weighted by atomic mass is 9.98. The minimum Gasteiger partial charge on any atom is -0.367 e. The number of amides is 1. The summed E-state index contributed by atoms with van der Waals surface area (Å²) in [5.41, 5.74) is 1.36. The van der Waals surface area contributed by atoms with E-state index in [0.717, 1.165) is 31.0 Å². The predicted octanol–water partition coefficient (Wildman–Crippen LogP) is 4.04. The van der Waals surface area contributed by atoms with Crippen LogP contribution in [0.25, 0.3) is 22.4 Å². The third kappa shape index (κ3) is 4.28. The minimum absolute atomic E-state index is 0.0179. The van der Waals surface area contributed by atoms with Crippen molar-refractivity contribution in [1.29, 1.82) is 0 Å². The van der Waals surface area contributed by atoms with E-state index in [1.165, 1.54) is 0 Å². The molecule has 1 fully saturated rings. The molecule has 3 aromatic heterocycles. The molecule has 1 saturated heterocycles. The smallest absolute Gasteiger partial charge is 0.246 e. The van der Waals surface area contributed by atoms with Gasteiger partial charge in [0.2, 0.25) is 5.91 Å². The first-order valence-corrected chi connectivity index (χ1v) is 10.2. The number of hydrogen-bond donors (Lipinski definition) is 2. The number of H-pyrrole nitrogens is 1. The Balaban J connectivity index is 1.50. The SMILES string of the molecule is C/C=C/C(=O)N1CCC[C@H](CNc2nc(-c3c[nH]c4ncc(Cl)cc34)ncc2F)C1. The second-order valence-electron chi connectivity index (χ2n) is 7.32. The summed E-state index contributed by atoms with van der Waals surface area (Å²) < 4.78 is 14.3. The van der Waals surface area contributed by atoms with Crippen molar-refractivity contribution in [3.05, 3.63) is 47.6 Å². The molecule has 0 spiro atoms. The first kappa shape index (κ1) is 20.3. The number of aromatic amines is 1. The average Bonchev–Trinajstić information content (AvgIpc) is 3.16. The fourth-order valence-electron chi connectivity index (χ4n) is 3.70. The van der Waals surface area contributed by atoms with Crippen LogP contribution in [0.4, 0.5) is 10.2 Å². The topological polar surface area (TPSA) is 86.8 Å². The van der Waals surface area contributed by atoms with Gasteiger partial charge in [-0.15, -0.1) is 0 Å². The van der Waals surface area contributed by atoms with E-state index in [0.29, 0.717) is 35.1 Å². The van der Waals surface area contributed by atoms with Crippen molar-refractivity contribution < 1.29 is 9.18 Å². The second-order valence-corrected chi connectivity index (χ2v) is 7.75. The van der Waals surface area contributed by atoms with Gasteiger partial charge in [-0.05, 0) is 37.8 Å². The van der Waals surface area contributed by atoms with Crippen LogP contribution in [0.5, 0.6) is 0 Å². The van der Waals surface area contributed by atoms with Crippen molar-refractivity contribution in [2.24, 2.45) is 5.92 Å². The molecule has 0 saturated carbocycles. The Kier molecular flexibility index (Phi) is 5.94. The molecular weight excluding hydrogens is 407 g/mol. The Hall–Kier alpha value is -3.00. The lowest BCUT2D eigenvalue weighted by Crippen LogP contribution is -2.41. The van der Waals surface area contributed by atoms with Crippen molar-refractivity contribution >= 4 is 34.4 Å². The third-order valence-electron chi connectivity index (χ3n) is 5.18. The molecule has 4 rings (SSSR count). The number of piperidine rings is 1. The summed E-state index contributed by atoms with van der Waals surface area (Å²) in [5, 5.41) is 4.37. The molecule has 0 bridgehead atoms. The summed E-state index contributed by atoms with van der Waals surface area (Å²) in [7, 11) is 0. The third-order valence-corrected chi connectivity index (χ3v) is 5.39. The molecule has 30 heavy (non-hydrogen) atoms. The van der Waals surface area contributed by atoms with Gasteiger partial charge in [0, 0.05) is 43.0 Å². The number of anilines is 1. The standard InChI is InChI=1S/C21H22ClFN6O/c1-2-4-18(30)29-6-3-5-13(12-29)8-24-21-17(23)11-27-20(28-21)16-10-26-19-15(16)7-14(22)9-25-19/h2,4,7,9-11,13H,3,5-6,8,12H2,1H3,(H,25,26)(H,24,27,28)/b4-2+/t13-/m1/s1. The van der Waals surface area contributed by atoms with Gasteiger partial charge < -0.3 is 15.2 Å². The Morgan fingerprint density at radius 3 is 3.13 bits per heavy atom. The molecule has 7 nitrogen and oxygen atoms in total. The molecule has 0 aromatic carbocycles. The van der Waals surface area contributed by atoms with Crippen molar-refractivity contribution in [3.8, 4) is 11.4 Å². The lowest BCUT2D eigenvalue weighted by molar-refractivity contribution is -0.127. The highest BCUT2D eigenvalue weighted by molar-refractivity contribution is 6.31. The highest BCUT2D eigenvalue weighted by Gasteiger charge is 2.23. The highest BCUT2D eigenvalue weighted by Crippen LogP contribution is 2.28. The van der Waals surface area contributed by atoms with E-state index in [1.807, 2.05) is 11.8 Å². The van der Waals surface area contributed by atoms with Gasteiger partial charge in [0.25, 0.3) is 0 Å². The average molecular weight is 429 g/mol. The van der Waals surface area contributed by atoms with E-state index < -0.39 is 5.82 Å². The van der Waals surface area contributed by atoms with E-state index in [4.69, 9.17) is 11.6 Å². The fraction of sp³-hybridized carbons (Fsp3) is 0.333. The molecule has 4 heterocycles. The van der Waals surface area contributed by atoms with Gasteiger partial charge in [-0.25, -0.2) is 19.3 Å². The van der Waals surface area contributed by atoms with Crippen molar-refractivity contribution in [1.82, 2.24) is 24.8 Å². The molecule has 0 radical (unpaired) electrons. The predicted molar refractivity (Wildman–Crippen MR) is 115 cm³/mol. The molecule has 0 unspecified atom stereocenters. The van der Waals surface area contributed by atoms with Gasteiger partial charge in [0.1, 0.15) is 5.65 Å². The Labute approximate surface area is 178 Å². The van der Waals surface area contributed by atoms with E-state index in [-0.39, 0.29) is 17.6 Å². The van der Waals surface area contributed by atoms with Crippen LogP contribution in [-0.2, 0) is 4.79 Å². The van der Waals surface area contributed by atoms with Crippen molar-refractivity contribution in [2.75, 3.05) is 25.0 Å². The van der Waals surface area contributed by atoms with Gasteiger partial charge in [0.15, 0.2) is 17.5 Å². The number of fused-ring (bicyclic) bond motifs is 1. The number of halogens is 2. The minimum atomic E-state index is -0.521. The van der Waals surface area contributed by atoms with Gasteiger partial charge in [-0.3, -0.25) is 4.79 Å². The van der Waals surface area contributed by atoms with E-state index >= 15 is 0 Å². The number of rotatable bonds is 5. The summed E-state index contributed by atoms with van der Waals surface area (Å²) in [4.78, 5) is 29.7. The zero-order chi connectivity index (χ0) is 21.1. The Morgan fingerprint density at radius 1 is 1.43 bits per heavy atom. The van der Waals surface area contributed by atoms with Gasteiger partial charge in [-0.2, -0.15) is 0 Å². The van der Waals surface area contributed by atoms with Crippen LogP contribution in [0.3, 0.4) is 0 Å². The number of pyridine rings is 1. The van der Waals surface area contributed by atoms with Crippen LogP contribution in [0, 0.1) is 11.7 Å². The maximum absolute atomic E-state index is 14.3. The van der Waals surface area contributed by atoms with Gasteiger partial charge >= 0.3 is 0 Å². The van der Waals surface area contributed by atoms with Crippen molar-refractivity contribution in [3.63, 3.8) is 0 Å². The van der Waals surface area contributed by atoms with Crippen LogP contribution < -0.4 is 5.32 Å². The molecular formula is C21H22ClFN6O. The van der Waals surface area contributed by atoms with E-state index in [2.05, 4.69) is 25.3 Å². The quantitative estimate of drug-likeness (QED) is 0.599. The number of allylic oxidation sites excluding steroid dienone is 1. The Bertz CT molecular complexity index is 1100. The van der Waals surface area contributed by atoms with E-state index in [1.54, 1.807) is 30.6 Å². The lowest BCUT2D eigenvalue weighted by Gasteiger charge is -2.32. The Morgan fingerprint density at radius 2 is 2.30 bits per heavy atom. The molecule has 9 heteroatoms. The van der Waals surface area contributed by atoms with Crippen LogP contribution in [-0.4, -0.2) is 50.4 Å². The van der Waals surface area contributed by atoms with Gasteiger partial charge in [0.05, 0.1) is 11.2 Å². The van der Waals surface area contributed by atoms with E-state index in [9.17, 15) is 9.18 Å². The summed E-state index contributed by atoms with van der Waals surface area (Å²) in [6.45, 7) is 3.74. The monoisotopic (exact) mass is 428 g/mol. The number of likely N-dealkylation sites (tertiary alicyclic amines) is 1. The molecule has 1 aliphatic heterocycles. The van der Waals surface area contributed by atoms with Gasteiger partial charge in [-0.1, -0.05) is 17.7 Å².